The molecule has 2 aromatic rings. The molecule has 6 nitrogen and oxygen atoms in total. The minimum absolute atomic E-state index is 0.0630. The summed E-state index contributed by atoms with van der Waals surface area (Å²) in [5.41, 5.74) is 3.75. The molecule has 30 heavy (non-hydrogen) atoms. The lowest BCUT2D eigenvalue weighted by Gasteiger charge is -2.38. The van der Waals surface area contributed by atoms with E-state index in [0.29, 0.717) is 0 Å². The Morgan fingerprint density at radius 2 is 1.60 bits per heavy atom. The van der Waals surface area contributed by atoms with Crippen molar-refractivity contribution in [1.29, 1.82) is 0 Å². The molecule has 160 valence electrons. The van der Waals surface area contributed by atoms with Crippen LogP contribution in [0, 0.1) is 19.7 Å². The second-order valence-corrected chi connectivity index (χ2v) is 7.71. The summed E-state index contributed by atoms with van der Waals surface area (Å²) in [6, 6.07) is 12.0. The molecule has 1 atom stereocenters. The van der Waals surface area contributed by atoms with Crippen LogP contribution in [-0.2, 0) is 9.59 Å². The molecule has 0 aliphatic carbocycles. The molecule has 2 amide bonds. The van der Waals surface area contributed by atoms with Gasteiger partial charge in [-0.1, -0.05) is 18.2 Å². The smallest absolute Gasteiger partial charge is 0.243 e. The molecule has 0 spiro atoms. The van der Waals surface area contributed by atoms with Crippen molar-refractivity contribution in [2.24, 2.45) is 0 Å². The van der Waals surface area contributed by atoms with Crippen LogP contribution in [0.3, 0.4) is 0 Å². The Kier molecular flexibility index (Phi) is 7.05. The molecular weight excluding hydrogens is 383 g/mol. The van der Waals surface area contributed by atoms with Crippen molar-refractivity contribution < 1.29 is 14.0 Å². The van der Waals surface area contributed by atoms with Gasteiger partial charge in [0.05, 0.1) is 12.6 Å². The monoisotopic (exact) mass is 412 g/mol. The topological polar surface area (TPSA) is 64.7 Å². The quantitative estimate of drug-likeness (QED) is 0.766. The molecule has 2 N–H and O–H groups in total. The molecule has 1 aliphatic rings. The molecule has 0 saturated carbocycles. The van der Waals surface area contributed by atoms with Crippen LogP contribution in [0.4, 0.5) is 15.8 Å². The van der Waals surface area contributed by atoms with Crippen molar-refractivity contribution in [3.63, 3.8) is 0 Å². The van der Waals surface area contributed by atoms with Gasteiger partial charge in [-0.15, -0.1) is 0 Å². The van der Waals surface area contributed by atoms with E-state index in [4.69, 9.17) is 0 Å². The first-order chi connectivity index (χ1) is 14.3. The van der Waals surface area contributed by atoms with E-state index in [-0.39, 0.29) is 30.2 Å². The van der Waals surface area contributed by atoms with Crippen LogP contribution in [0.15, 0.2) is 42.5 Å². The van der Waals surface area contributed by atoms with Crippen molar-refractivity contribution >= 4 is 23.2 Å². The number of halogens is 1. The summed E-state index contributed by atoms with van der Waals surface area (Å²) in [5.74, 6) is -0.653. The number of aryl methyl sites for hydroxylation is 2. The van der Waals surface area contributed by atoms with Gasteiger partial charge in [0, 0.05) is 37.6 Å². The minimum Gasteiger partial charge on any atom is -0.369 e. The average Bonchev–Trinajstić information content (AvgIpc) is 2.75. The molecule has 3 rings (SSSR count). The van der Waals surface area contributed by atoms with Crippen LogP contribution in [-0.4, -0.2) is 55.5 Å². The molecule has 1 heterocycles. The number of hydrogen-bond donors (Lipinski definition) is 2. The Bertz CT molecular complexity index is 872. The van der Waals surface area contributed by atoms with E-state index >= 15 is 0 Å². The molecule has 0 aromatic heterocycles. The molecule has 7 heteroatoms. The summed E-state index contributed by atoms with van der Waals surface area (Å²) in [4.78, 5) is 29.1. The number of carbonyl (C=O) groups is 2. The van der Waals surface area contributed by atoms with Gasteiger partial charge < -0.3 is 15.5 Å². The first-order valence-corrected chi connectivity index (χ1v) is 10.2. The number of hydrogen-bond acceptors (Lipinski definition) is 4. The number of nitrogens with zero attached hydrogens (tertiary/aromatic N) is 2. The standard InChI is InChI=1S/C23H29FN4O2/c1-16-5-4-6-17(2)22(16)26-21(29)15-25-23(30)18(3)27-11-13-28(14-12-27)20-9-7-19(24)8-10-20/h4-10,18H,11-15H2,1-3H3,(H,25,30)(H,26,29)/t18-/m1/s1. The van der Waals surface area contributed by atoms with Crippen LogP contribution in [0.2, 0.25) is 0 Å². The first kappa shape index (κ1) is 21.8. The second kappa shape index (κ2) is 9.71. The van der Waals surface area contributed by atoms with E-state index in [1.807, 2.05) is 39.0 Å². The normalized spacial score (nSPS) is 15.5. The van der Waals surface area contributed by atoms with Crippen LogP contribution in [0.5, 0.6) is 0 Å². The zero-order valence-electron chi connectivity index (χ0n) is 17.7. The van der Waals surface area contributed by atoms with Crippen molar-refractivity contribution in [3.05, 3.63) is 59.4 Å². The van der Waals surface area contributed by atoms with E-state index in [9.17, 15) is 14.0 Å². The predicted octanol–water partition coefficient (Wildman–Crippen LogP) is 2.71. The number of para-hydroxylation sites is 1. The number of piperazine rings is 1. The molecule has 2 aromatic carbocycles. The van der Waals surface area contributed by atoms with E-state index in [1.54, 1.807) is 12.1 Å². The number of nitrogens with one attached hydrogen (secondary N) is 2. The Balaban J connectivity index is 1.45. The largest absolute Gasteiger partial charge is 0.369 e. The maximum Gasteiger partial charge on any atom is 0.243 e. The zero-order chi connectivity index (χ0) is 21.7. The molecule has 0 unspecified atom stereocenters. The number of rotatable bonds is 6. The molecule has 1 saturated heterocycles. The third-order valence-corrected chi connectivity index (χ3v) is 5.60. The van der Waals surface area contributed by atoms with Crippen molar-refractivity contribution in [3.8, 4) is 0 Å². The summed E-state index contributed by atoms with van der Waals surface area (Å²) in [7, 11) is 0. The van der Waals surface area contributed by atoms with Gasteiger partial charge in [-0.3, -0.25) is 14.5 Å². The van der Waals surface area contributed by atoms with Gasteiger partial charge in [-0.05, 0) is 56.2 Å². The second-order valence-electron chi connectivity index (χ2n) is 7.71. The SMILES string of the molecule is Cc1cccc(C)c1NC(=O)CNC(=O)[C@@H](C)N1CCN(c2ccc(F)cc2)CC1. The molecule has 1 fully saturated rings. The Hall–Kier alpha value is -2.93. The third-order valence-electron chi connectivity index (χ3n) is 5.60. The van der Waals surface area contributed by atoms with E-state index < -0.39 is 0 Å². The van der Waals surface area contributed by atoms with Gasteiger partial charge >= 0.3 is 0 Å². The highest BCUT2D eigenvalue weighted by Crippen LogP contribution is 2.19. The van der Waals surface area contributed by atoms with Crippen LogP contribution < -0.4 is 15.5 Å². The summed E-state index contributed by atoms with van der Waals surface area (Å²) in [6.07, 6.45) is 0. The van der Waals surface area contributed by atoms with Gasteiger partial charge in [-0.25, -0.2) is 4.39 Å². The minimum atomic E-state index is -0.326. The number of benzene rings is 2. The van der Waals surface area contributed by atoms with Gasteiger partial charge in [0.15, 0.2) is 0 Å². The average molecular weight is 413 g/mol. The Morgan fingerprint density at radius 3 is 2.20 bits per heavy atom. The van der Waals surface area contributed by atoms with E-state index in [0.717, 1.165) is 48.7 Å². The summed E-state index contributed by atoms with van der Waals surface area (Å²) in [5, 5.41) is 5.62. The van der Waals surface area contributed by atoms with E-state index in [1.165, 1.54) is 12.1 Å². The lowest BCUT2D eigenvalue weighted by Crippen LogP contribution is -2.54. The number of anilines is 2. The zero-order valence-corrected chi connectivity index (χ0v) is 17.7. The fourth-order valence-corrected chi connectivity index (χ4v) is 3.70. The van der Waals surface area contributed by atoms with Crippen molar-refractivity contribution in [2.75, 3.05) is 42.9 Å². The lowest BCUT2D eigenvalue weighted by atomic mass is 10.1. The summed E-state index contributed by atoms with van der Waals surface area (Å²) in [6.45, 7) is 8.64. The molecule has 0 bridgehead atoms. The highest BCUT2D eigenvalue weighted by molar-refractivity contribution is 5.96. The highest BCUT2D eigenvalue weighted by atomic mass is 19.1. The Labute approximate surface area is 177 Å². The predicted molar refractivity (Wildman–Crippen MR) is 117 cm³/mol. The Morgan fingerprint density at radius 1 is 1.00 bits per heavy atom. The third kappa shape index (κ3) is 5.36. The summed E-state index contributed by atoms with van der Waals surface area (Å²) < 4.78 is 13.1. The van der Waals surface area contributed by atoms with Crippen molar-refractivity contribution in [1.82, 2.24) is 10.2 Å². The maximum atomic E-state index is 13.1. The van der Waals surface area contributed by atoms with Gasteiger partial charge in [0.25, 0.3) is 0 Å². The van der Waals surface area contributed by atoms with Crippen LogP contribution in [0.25, 0.3) is 0 Å². The number of carbonyl (C=O) groups excluding carboxylic acids is 2. The van der Waals surface area contributed by atoms with E-state index in [2.05, 4.69) is 20.4 Å². The van der Waals surface area contributed by atoms with Gasteiger partial charge in [-0.2, -0.15) is 0 Å². The van der Waals surface area contributed by atoms with Crippen LogP contribution >= 0.6 is 0 Å². The molecule has 0 radical (unpaired) electrons. The summed E-state index contributed by atoms with van der Waals surface area (Å²) >= 11 is 0. The van der Waals surface area contributed by atoms with Gasteiger partial charge in [0.1, 0.15) is 5.82 Å². The molecule has 1 aliphatic heterocycles. The lowest BCUT2D eigenvalue weighted by molar-refractivity contribution is -0.128. The van der Waals surface area contributed by atoms with Crippen molar-refractivity contribution in [2.45, 2.75) is 26.8 Å². The fraction of sp³-hybridized carbons (Fsp3) is 0.391. The highest BCUT2D eigenvalue weighted by Gasteiger charge is 2.26. The molecular formula is C23H29FN4O2. The number of amides is 2. The van der Waals surface area contributed by atoms with Gasteiger partial charge in [0.2, 0.25) is 11.8 Å². The first-order valence-electron chi connectivity index (χ1n) is 10.2. The fourth-order valence-electron chi connectivity index (χ4n) is 3.70. The van der Waals surface area contributed by atoms with Crippen LogP contribution in [0.1, 0.15) is 18.1 Å². The maximum absolute atomic E-state index is 13.1.